The highest BCUT2D eigenvalue weighted by molar-refractivity contribution is 5.86. The topological polar surface area (TPSA) is 68.0 Å². The Morgan fingerprint density at radius 1 is 1.29 bits per heavy atom. The Morgan fingerprint density at radius 3 is 2.65 bits per heavy atom. The molecule has 1 aromatic carbocycles. The number of hydrogen-bond acceptors (Lipinski definition) is 3. The lowest BCUT2D eigenvalue weighted by Crippen LogP contribution is -2.06. The minimum Gasteiger partial charge on any atom is -0.476 e. The minimum atomic E-state index is -1.03. The van der Waals surface area contributed by atoms with Crippen molar-refractivity contribution in [1.82, 2.24) is 15.0 Å². The van der Waals surface area contributed by atoms with Crippen molar-refractivity contribution in [2.24, 2.45) is 7.05 Å². The standard InChI is InChI=1S/C12H13N3O2/c1-15-10(11(12(16)17)13-14-15)8-7-9-5-3-2-4-6-9/h2-6H,7-8H2,1H3,(H,16,17). The maximum absolute atomic E-state index is 10.9. The fraction of sp³-hybridized carbons (Fsp3) is 0.250. The van der Waals surface area contributed by atoms with Crippen LogP contribution >= 0.6 is 0 Å². The van der Waals surface area contributed by atoms with Gasteiger partial charge in [0.25, 0.3) is 0 Å². The highest BCUT2D eigenvalue weighted by atomic mass is 16.4. The smallest absolute Gasteiger partial charge is 0.358 e. The molecule has 0 unspecified atom stereocenters. The van der Waals surface area contributed by atoms with Gasteiger partial charge in [-0.1, -0.05) is 35.5 Å². The molecule has 0 spiro atoms. The van der Waals surface area contributed by atoms with Crippen LogP contribution in [0.5, 0.6) is 0 Å². The number of benzene rings is 1. The van der Waals surface area contributed by atoms with Crippen LogP contribution in [-0.4, -0.2) is 26.1 Å². The molecule has 5 heteroatoms. The van der Waals surface area contributed by atoms with Crippen molar-refractivity contribution in [3.8, 4) is 0 Å². The predicted octanol–water partition coefficient (Wildman–Crippen LogP) is 1.30. The van der Waals surface area contributed by atoms with Crippen molar-refractivity contribution >= 4 is 5.97 Å². The molecule has 0 aliphatic carbocycles. The molecule has 0 aliphatic heterocycles. The number of carboxylic acids is 1. The van der Waals surface area contributed by atoms with Gasteiger partial charge in [0.1, 0.15) is 0 Å². The molecule has 0 saturated carbocycles. The fourth-order valence-corrected chi connectivity index (χ4v) is 1.73. The molecule has 88 valence electrons. The first-order chi connectivity index (χ1) is 8.18. The zero-order chi connectivity index (χ0) is 12.3. The van der Waals surface area contributed by atoms with Crippen molar-refractivity contribution in [2.75, 3.05) is 0 Å². The summed E-state index contributed by atoms with van der Waals surface area (Å²) in [6.07, 6.45) is 1.40. The van der Waals surface area contributed by atoms with E-state index in [9.17, 15) is 4.79 Å². The van der Waals surface area contributed by atoms with E-state index in [2.05, 4.69) is 10.3 Å². The van der Waals surface area contributed by atoms with Crippen molar-refractivity contribution in [3.63, 3.8) is 0 Å². The van der Waals surface area contributed by atoms with Crippen molar-refractivity contribution in [1.29, 1.82) is 0 Å². The van der Waals surface area contributed by atoms with E-state index in [0.717, 1.165) is 6.42 Å². The number of carboxylic acid groups (broad SMARTS) is 1. The molecule has 0 amide bonds. The van der Waals surface area contributed by atoms with Gasteiger partial charge in [-0.15, -0.1) is 5.10 Å². The first-order valence-electron chi connectivity index (χ1n) is 5.34. The molecule has 17 heavy (non-hydrogen) atoms. The first-order valence-corrected chi connectivity index (χ1v) is 5.34. The molecule has 1 heterocycles. The first kappa shape index (κ1) is 11.3. The van der Waals surface area contributed by atoms with Crippen LogP contribution in [0.25, 0.3) is 0 Å². The van der Waals surface area contributed by atoms with Gasteiger partial charge in [0, 0.05) is 7.05 Å². The maximum Gasteiger partial charge on any atom is 0.358 e. The average molecular weight is 231 g/mol. The molecule has 0 bridgehead atoms. The van der Waals surface area contributed by atoms with Crippen LogP contribution in [0.1, 0.15) is 21.7 Å². The lowest BCUT2D eigenvalue weighted by Gasteiger charge is -2.02. The molecule has 5 nitrogen and oxygen atoms in total. The van der Waals surface area contributed by atoms with E-state index >= 15 is 0 Å². The Labute approximate surface area is 98.7 Å². The van der Waals surface area contributed by atoms with Crippen LogP contribution in [0, 0.1) is 0 Å². The van der Waals surface area contributed by atoms with E-state index < -0.39 is 5.97 Å². The Bertz CT molecular complexity index is 520. The fourth-order valence-electron chi connectivity index (χ4n) is 1.73. The van der Waals surface area contributed by atoms with Crippen LogP contribution in [-0.2, 0) is 19.9 Å². The van der Waals surface area contributed by atoms with Crippen molar-refractivity contribution in [2.45, 2.75) is 12.8 Å². The second-order valence-corrected chi connectivity index (χ2v) is 3.80. The van der Waals surface area contributed by atoms with Gasteiger partial charge in [-0.05, 0) is 18.4 Å². The Kier molecular flexibility index (Phi) is 3.18. The van der Waals surface area contributed by atoms with Gasteiger partial charge in [-0.3, -0.25) is 4.68 Å². The third kappa shape index (κ3) is 2.50. The molecule has 0 fully saturated rings. The third-order valence-corrected chi connectivity index (χ3v) is 2.64. The summed E-state index contributed by atoms with van der Waals surface area (Å²) in [6, 6.07) is 9.93. The number of hydrogen-bond donors (Lipinski definition) is 1. The zero-order valence-electron chi connectivity index (χ0n) is 9.50. The quantitative estimate of drug-likeness (QED) is 0.861. The Hall–Kier alpha value is -2.17. The molecule has 0 radical (unpaired) electrons. The van der Waals surface area contributed by atoms with Gasteiger partial charge in [0.15, 0.2) is 5.69 Å². The predicted molar refractivity (Wildman–Crippen MR) is 61.8 cm³/mol. The van der Waals surface area contributed by atoms with Crippen molar-refractivity contribution < 1.29 is 9.90 Å². The highest BCUT2D eigenvalue weighted by Gasteiger charge is 2.16. The molecule has 1 N–H and O–H groups in total. The molecule has 0 saturated heterocycles. The lowest BCUT2D eigenvalue weighted by molar-refractivity contribution is 0.0689. The van der Waals surface area contributed by atoms with E-state index in [1.807, 2.05) is 30.3 Å². The van der Waals surface area contributed by atoms with Crippen LogP contribution in [0.2, 0.25) is 0 Å². The summed E-state index contributed by atoms with van der Waals surface area (Å²) in [6.45, 7) is 0. The number of aromatic carboxylic acids is 1. The molecular formula is C12H13N3O2. The number of nitrogens with zero attached hydrogens (tertiary/aromatic N) is 3. The largest absolute Gasteiger partial charge is 0.476 e. The van der Waals surface area contributed by atoms with E-state index in [-0.39, 0.29) is 5.69 Å². The van der Waals surface area contributed by atoms with E-state index in [0.29, 0.717) is 12.1 Å². The summed E-state index contributed by atoms with van der Waals surface area (Å²) in [5.41, 5.74) is 1.87. The average Bonchev–Trinajstić information content (AvgIpc) is 2.69. The summed E-state index contributed by atoms with van der Waals surface area (Å²) < 4.78 is 1.52. The van der Waals surface area contributed by atoms with Crippen LogP contribution in [0.4, 0.5) is 0 Å². The van der Waals surface area contributed by atoms with Gasteiger partial charge in [-0.2, -0.15) is 0 Å². The van der Waals surface area contributed by atoms with E-state index in [1.54, 1.807) is 7.05 Å². The van der Waals surface area contributed by atoms with E-state index in [4.69, 9.17) is 5.11 Å². The summed E-state index contributed by atoms with van der Waals surface area (Å²) in [5.74, 6) is -1.03. The zero-order valence-corrected chi connectivity index (χ0v) is 9.50. The molecule has 1 aromatic heterocycles. The lowest BCUT2D eigenvalue weighted by atomic mass is 10.1. The Morgan fingerprint density at radius 2 is 2.00 bits per heavy atom. The number of aryl methyl sites for hydroxylation is 2. The monoisotopic (exact) mass is 231 g/mol. The van der Waals surface area contributed by atoms with Crippen molar-refractivity contribution in [3.05, 3.63) is 47.3 Å². The SMILES string of the molecule is Cn1nnc(C(=O)O)c1CCc1ccccc1. The summed E-state index contributed by atoms with van der Waals surface area (Å²) in [5, 5.41) is 16.3. The van der Waals surface area contributed by atoms with Crippen LogP contribution in [0.3, 0.4) is 0 Å². The summed E-state index contributed by atoms with van der Waals surface area (Å²) in [7, 11) is 1.71. The summed E-state index contributed by atoms with van der Waals surface area (Å²) in [4.78, 5) is 10.9. The molecular weight excluding hydrogens is 218 g/mol. The van der Waals surface area contributed by atoms with Gasteiger partial charge < -0.3 is 5.11 Å². The molecule has 2 aromatic rings. The van der Waals surface area contributed by atoms with Gasteiger partial charge >= 0.3 is 5.97 Å². The third-order valence-electron chi connectivity index (χ3n) is 2.64. The van der Waals surface area contributed by atoms with Gasteiger partial charge in [0.2, 0.25) is 0 Å². The second kappa shape index (κ2) is 4.78. The number of aromatic nitrogens is 3. The van der Waals surface area contributed by atoms with Crippen LogP contribution < -0.4 is 0 Å². The van der Waals surface area contributed by atoms with Gasteiger partial charge in [-0.25, -0.2) is 4.79 Å². The molecule has 0 aliphatic rings. The second-order valence-electron chi connectivity index (χ2n) is 3.80. The summed E-state index contributed by atoms with van der Waals surface area (Å²) >= 11 is 0. The number of rotatable bonds is 4. The normalized spacial score (nSPS) is 10.4. The highest BCUT2D eigenvalue weighted by Crippen LogP contribution is 2.09. The van der Waals surface area contributed by atoms with Gasteiger partial charge in [0.05, 0.1) is 5.69 Å². The number of carbonyl (C=O) groups is 1. The van der Waals surface area contributed by atoms with Crippen LogP contribution in [0.15, 0.2) is 30.3 Å². The Balaban J connectivity index is 2.14. The maximum atomic E-state index is 10.9. The molecule has 2 rings (SSSR count). The molecule has 0 atom stereocenters. The minimum absolute atomic E-state index is 0.0448. The van der Waals surface area contributed by atoms with E-state index in [1.165, 1.54) is 10.2 Å².